The Labute approximate surface area is 96.7 Å². The monoisotopic (exact) mass is 249 g/mol. The van der Waals surface area contributed by atoms with E-state index in [1.165, 1.54) is 6.21 Å². The standard InChI is InChI=1S/C7H5Cl2NO.C2H4O2/c8-6-2-1-3-7(9)5(6)4-10-11;1-2(3)4/h1-4,11H;1H3,(H,3,4). The summed E-state index contributed by atoms with van der Waals surface area (Å²) in [6, 6.07) is 5.06. The van der Waals surface area contributed by atoms with Gasteiger partial charge in [0.1, 0.15) is 0 Å². The predicted molar refractivity (Wildman–Crippen MR) is 59.2 cm³/mol. The first-order valence-electron chi connectivity index (χ1n) is 3.80. The summed E-state index contributed by atoms with van der Waals surface area (Å²) in [5.74, 6) is -0.833. The Morgan fingerprint density at radius 1 is 1.40 bits per heavy atom. The molecule has 0 atom stereocenters. The molecule has 0 aliphatic carbocycles. The number of hydrogen-bond donors (Lipinski definition) is 2. The van der Waals surface area contributed by atoms with Crippen LogP contribution in [0.3, 0.4) is 0 Å². The van der Waals surface area contributed by atoms with Crippen LogP contribution in [0.2, 0.25) is 10.0 Å². The molecule has 0 aromatic heterocycles. The average molecular weight is 250 g/mol. The molecule has 82 valence electrons. The molecule has 0 bridgehead atoms. The highest BCUT2D eigenvalue weighted by Crippen LogP contribution is 2.21. The molecule has 0 heterocycles. The molecular formula is C9H9Cl2NO3. The first kappa shape index (κ1) is 13.7. The highest BCUT2D eigenvalue weighted by molar-refractivity contribution is 6.38. The van der Waals surface area contributed by atoms with Crippen LogP contribution in [-0.4, -0.2) is 22.5 Å². The number of carboxylic acid groups (broad SMARTS) is 1. The molecule has 0 unspecified atom stereocenters. The van der Waals surface area contributed by atoms with Crippen molar-refractivity contribution in [2.24, 2.45) is 5.16 Å². The summed E-state index contributed by atoms with van der Waals surface area (Å²) < 4.78 is 0. The van der Waals surface area contributed by atoms with Crippen molar-refractivity contribution in [3.63, 3.8) is 0 Å². The van der Waals surface area contributed by atoms with Crippen molar-refractivity contribution in [2.75, 3.05) is 0 Å². The van der Waals surface area contributed by atoms with E-state index >= 15 is 0 Å². The Kier molecular flexibility index (Phi) is 6.49. The average Bonchev–Trinajstić information content (AvgIpc) is 2.11. The van der Waals surface area contributed by atoms with Gasteiger partial charge in [0, 0.05) is 12.5 Å². The summed E-state index contributed by atoms with van der Waals surface area (Å²) in [7, 11) is 0. The molecule has 6 heteroatoms. The molecular weight excluding hydrogens is 241 g/mol. The zero-order chi connectivity index (χ0) is 11.8. The Hall–Kier alpha value is -1.26. The van der Waals surface area contributed by atoms with Crippen LogP contribution >= 0.6 is 23.2 Å². The first-order valence-corrected chi connectivity index (χ1v) is 4.55. The summed E-state index contributed by atoms with van der Waals surface area (Å²) in [5, 5.41) is 19.4. The molecule has 1 aromatic carbocycles. The van der Waals surface area contributed by atoms with E-state index in [0.29, 0.717) is 15.6 Å². The van der Waals surface area contributed by atoms with E-state index in [1.807, 2.05) is 0 Å². The van der Waals surface area contributed by atoms with Gasteiger partial charge < -0.3 is 10.3 Å². The topological polar surface area (TPSA) is 69.9 Å². The van der Waals surface area contributed by atoms with Crippen molar-refractivity contribution in [2.45, 2.75) is 6.92 Å². The van der Waals surface area contributed by atoms with Crippen molar-refractivity contribution in [1.82, 2.24) is 0 Å². The summed E-state index contributed by atoms with van der Waals surface area (Å²) in [5.41, 5.74) is 0.526. The number of rotatable bonds is 1. The molecule has 0 aliphatic rings. The zero-order valence-electron chi connectivity index (χ0n) is 7.82. The maximum absolute atomic E-state index is 9.00. The third-order valence-corrected chi connectivity index (χ3v) is 1.85. The van der Waals surface area contributed by atoms with E-state index in [1.54, 1.807) is 18.2 Å². The molecule has 0 amide bonds. The van der Waals surface area contributed by atoms with Crippen molar-refractivity contribution in [3.05, 3.63) is 33.8 Å². The fraction of sp³-hybridized carbons (Fsp3) is 0.111. The molecule has 2 N–H and O–H groups in total. The number of carbonyl (C=O) groups is 1. The number of nitrogens with zero attached hydrogens (tertiary/aromatic N) is 1. The van der Waals surface area contributed by atoms with Crippen LogP contribution < -0.4 is 0 Å². The maximum atomic E-state index is 9.00. The summed E-state index contributed by atoms with van der Waals surface area (Å²) >= 11 is 11.4. The van der Waals surface area contributed by atoms with Crippen molar-refractivity contribution in [1.29, 1.82) is 0 Å². The van der Waals surface area contributed by atoms with Gasteiger partial charge >= 0.3 is 0 Å². The van der Waals surface area contributed by atoms with Gasteiger partial charge in [-0.15, -0.1) is 0 Å². The summed E-state index contributed by atoms with van der Waals surface area (Å²) in [6.07, 6.45) is 1.20. The number of oxime groups is 1. The van der Waals surface area contributed by atoms with Crippen LogP contribution in [0.25, 0.3) is 0 Å². The lowest BCUT2D eigenvalue weighted by Gasteiger charge is -1.97. The second-order valence-corrected chi connectivity index (χ2v) is 3.21. The van der Waals surface area contributed by atoms with Crippen LogP contribution in [0.1, 0.15) is 12.5 Å². The number of carboxylic acids is 1. The highest BCUT2D eigenvalue weighted by atomic mass is 35.5. The van der Waals surface area contributed by atoms with Gasteiger partial charge in [-0.2, -0.15) is 0 Å². The highest BCUT2D eigenvalue weighted by Gasteiger charge is 2.00. The lowest BCUT2D eigenvalue weighted by atomic mass is 10.2. The normalized spacial score (nSPS) is 9.53. The third kappa shape index (κ3) is 5.93. The first-order chi connectivity index (χ1) is 6.99. The van der Waals surface area contributed by atoms with E-state index < -0.39 is 5.97 Å². The Morgan fingerprint density at radius 3 is 2.13 bits per heavy atom. The largest absolute Gasteiger partial charge is 0.481 e. The van der Waals surface area contributed by atoms with Crippen LogP contribution in [0, 0.1) is 0 Å². The number of hydrogen-bond acceptors (Lipinski definition) is 3. The molecule has 0 saturated heterocycles. The molecule has 0 fully saturated rings. The Morgan fingerprint density at radius 2 is 1.80 bits per heavy atom. The smallest absolute Gasteiger partial charge is 0.300 e. The quantitative estimate of drug-likeness (QED) is 0.457. The van der Waals surface area contributed by atoms with Gasteiger partial charge in [-0.25, -0.2) is 0 Å². The fourth-order valence-electron chi connectivity index (χ4n) is 0.692. The van der Waals surface area contributed by atoms with Gasteiger partial charge in [0.15, 0.2) is 0 Å². The zero-order valence-corrected chi connectivity index (χ0v) is 9.33. The van der Waals surface area contributed by atoms with E-state index in [4.69, 9.17) is 38.3 Å². The molecule has 0 radical (unpaired) electrons. The van der Waals surface area contributed by atoms with Gasteiger partial charge in [-0.05, 0) is 12.1 Å². The third-order valence-electron chi connectivity index (χ3n) is 1.19. The SMILES string of the molecule is CC(=O)O.ON=Cc1c(Cl)cccc1Cl. The Balaban J connectivity index is 0.000000423. The van der Waals surface area contributed by atoms with E-state index in [-0.39, 0.29) is 0 Å². The van der Waals surface area contributed by atoms with Crippen LogP contribution in [0.15, 0.2) is 23.4 Å². The van der Waals surface area contributed by atoms with Crippen LogP contribution in [-0.2, 0) is 4.79 Å². The molecule has 1 rings (SSSR count). The van der Waals surface area contributed by atoms with Crippen molar-refractivity contribution < 1.29 is 15.1 Å². The molecule has 1 aromatic rings. The van der Waals surface area contributed by atoms with Gasteiger partial charge in [0.25, 0.3) is 5.97 Å². The Bertz CT molecular complexity index is 342. The van der Waals surface area contributed by atoms with E-state index in [9.17, 15) is 0 Å². The van der Waals surface area contributed by atoms with Gasteiger partial charge in [0.05, 0.1) is 16.3 Å². The lowest BCUT2D eigenvalue weighted by Crippen LogP contribution is -1.83. The lowest BCUT2D eigenvalue weighted by molar-refractivity contribution is -0.134. The predicted octanol–water partition coefficient (Wildman–Crippen LogP) is 2.89. The fourth-order valence-corrected chi connectivity index (χ4v) is 1.19. The molecule has 0 saturated carbocycles. The molecule has 15 heavy (non-hydrogen) atoms. The van der Waals surface area contributed by atoms with E-state index in [0.717, 1.165) is 6.92 Å². The second kappa shape index (κ2) is 7.09. The summed E-state index contributed by atoms with van der Waals surface area (Å²) in [4.78, 5) is 9.00. The molecule has 0 spiro atoms. The van der Waals surface area contributed by atoms with Crippen molar-refractivity contribution in [3.8, 4) is 0 Å². The van der Waals surface area contributed by atoms with Gasteiger partial charge in [-0.1, -0.05) is 34.4 Å². The number of aliphatic carboxylic acids is 1. The second-order valence-electron chi connectivity index (χ2n) is 2.40. The van der Waals surface area contributed by atoms with Gasteiger partial charge in [-0.3, -0.25) is 4.79 Å². The van der Waals surface area contributed by atoms with Crippen LogP contribution in [0.4, 0.5) is 0 Å². The number of benzene rings is 1. The minimum atomic E-state index is -0.833. The van der Waals surface area contributed by atoms with Crippen LogP contribution in [0.5, 0.6) is 0 Å². The number of halogens is 2. The minimum Gasteiger partial charge on any atom is -0.481 e. The molecule has 0 aliphatic heterocycles. The molecule has 4 nitrogen and oxygen atoms in total. The summed E-state index contributed by atoms with van der Waals surface area (Å²) in [6.45, 7) is 1.08. The van der Waals surface area contributed by atoms with Gasteiger partial charge in [0.2, 0.25) is 0 Å². The van der Waals surface area contributed by atoms with E-state index in [2.05, 4.69) is 5.16 Å². The maximum Gasteiger partial charge on any atom is 0.300 e. The van der Waals surface area contributed by atoms with Crippen molar-refractivity contribution >= 4 is 35.4 Å². The minimum absolute atomic E-state index is 0.468.